The number of ether oxygens (including phenoxy) is 1. The molecule has 0 radical (unpaired) electrons. The Labute approximate surface area is 114 Å². The normalized spacial score (nSPS) is 10.2. The van der Waals surface area contributed by atoms with E-state index in [2.05, 4.69) is 0 Å². The van der Waals surface area contributed by atoms with Gasteiger partial charge in [0.1, 0.15) is 17.4 Å². The summed E-state index contributed by atoms with van der Waals surface area (Å²) < 4.78 is 11.1. The van der Waals surface area contributed by atoms with Crippen molar-refractivity contribution in [1.29, 1.82) is 5.26 Å². The number of rotatable bonds is 3. The maximum absolute atomic E-state index is 11.0. The smallest absolute Gasteiger partial charge is 0.247 e. The first-order chi connectivity index (χ1) is 9.83. The van der Waals surface area contributed by atoms with Gasteiger partial charge in [-0.05, 0) is 24.3 Å². The first kappa shape index (κ1) is 12.0. The number of fused-ring (bicyclic) bond motifs is 1. The molecule has 0 saturated carbocycles. The SMILES string of the molecule is N#Cc1oc2ccccc2c1Oc1ccccc1C=O. The van der Waals surface area contributed by atoms with E-state index >= 15 is 0 Å². The molecule has 96 valence electrons. The largest absolute Gasteiger partial charge is 0.451 e. The molecule has 0 atom stereocenters. The minimum atomic E-state index is 0.0897. The summed E-state index contributed by atoms with van der Waals surface area (Å²) in [5.74, 6) is 0.815. The fourth-order valence-electron chi connectivity index (χ4n) is 1.98. The summed E-state index contributed by atoms with van der Waals surface area (Å²) in [5, 5.41) is 9.83. The molecule has 1 aromatic heterocycles. The topological polar surface area (TPSA) is 63.2 Å². The van der Waals surface area contributed by atoms with Gasteiger partial charge in [0, 0.05) is 0 Å². The van der Waals surface area contributed by atoms with Crippen LogP contribution in [0.5, 0.6) is 11.5 Å². The van der Waals surface area contributed by atoms with Crippen molar-refractivity contribution in [1.82, 2.24) is 0 Å². The molecular weight excluding hydrogens is 254 g/mol. The number of nitrogens with zero attached hydrogens (tertiary/aromatic N) is 1. The Hall–Kier alpha value is -3.06. The zero-order chi connectivity index (χ0) is 13.9. The quantitative estimate of drug-likeness (QED) is 0.672. The van der Waals surface area contributed by atoms with Gasteiger partial charge in [0.05, 0.1) is 10.9 Å². The highest BCUT2D eigenvalue weighted by Crippen LogP contribution is 2.36. The van der Waals surface area contributed by atoms with Crippen LogP contribution in [-0.4, -0.2) is 6.29 Å². The molecule has 3 rings (SSSR count). The molecule has 0 N–H and O–H groups in total. The van der Waals surface area contributed by atoms with Gasteiger partial charge in [-0.3, -0.25) is 4.79 Å². The van der Waals surface area contributed by atoms with Gasteiger partial charge in [-0.2, -0.15) is 5.26 Å². The molecule has 0 unspecified atom stereocenters. The number of hydrogen-bond acceptors (Lipinski definition) is 4. The number of carbonyl (C=O) groups excluding carboxylic acids is 1. The Morgan fingerprint density at radius 3 is 2.65 bits per heavy atom. The van der Waals surface area contributed by atoms with Crippen LogP contribution in [0, 0.1) is 11.3 Å². The van der Waals surface area contributed by atoms with Crippen LogP contribution in [-0.2, 0) is 0 Å². The highest BCUT2D eigenvalue weighted by Gasteiger charge is 2.16. The van der Waals surface area contributed by atoms with Crippen molar-refractivity contribution in [2.75, 3.05) is 0 Å². The van der Waals surface area contributed by atoms with Gasteiger partial charge in [0.2, 0.25) is 5.76 Å². The molecule has 0 bridgehead atoms. The summed E-state index contributed by atoms with van der Waals surface area (Å²) in [6, 6.07) is 16.0. The van der Waals surface area contributed by atoms with Crippen LogP contribution < -0.4 is 4.74 Å². The molecule has 0 spiro atoms. The van der Waals surface area contributed by atoms with E-state index in [9.17, 15) is 4.79 Å². The number of furan rings is 1. The number of hydrogen-bond donors (Lipinski definition) is 0. The molecule has 4 heteroatoms. The van der Waals surface area contributed by atoms with E-state index in [1.54, 1.807) is 36.4 Å². The molecule has 0 saturated heterocycles. The minimum Gasteiger partial charge on any atom is -0.451 e. The van der Waals surface area contributed by atoms with Crippen molar-refractivity contribution in [2.45, 2.75) is 0 Å². The lowest BCUT2D eigenvalue weighted by molar-refractivity contribution is 0.112. The van der Waals surface area contributed by atoms with Gasteiger partial charge in [-0.25, -0.2) is 0 Å². The summed E-state index contributed by atoms with van der Waals surface area (Å²) in [5.41, 5.74) is 0.990. The number of aldehydes is 1. The zero-order valence-corrected chi connectivity index (χ0v) is 10.4. The highest BCUT2D eigenvalue weighted by molar-refractivity contribution is 5.87. The lowest BCUT2D eigenvalue weighted by atomic mass is 10.2. The molecule has 1 heterocycles. The molecule has 3 aromatic rings. The summed E-state index contributed by atoms with van der Waals surface area (Å²) in [6.07, 6.45) is 0.712. The van der Waals surface area contributed by atoms with Gasteiger partial charge >= 0.3 is 0 Å². The zero-order valence-electron chi connectivity index (χ0n) is 10.4. The van der Waals surface area contributed by atoms with E-state index < -0.39 is 0 Å². The molecule has 0 amide bonds. The molecular formula is C16H9NO3. The third kappa shape index (κ3) is 1.91. The highest BCUT2D eigenvalue weighted by atomic mass is 16.5. The van der Waals surface area contributed by atoms with Crippen molar-refractivity contribution >= 4 is 17.3 Å². The Morgan fingerprint density at radius 2 is 1.85 bits per heavy atom. The van der Waals surface area contributed by atoms with E-state index in [4.69, 9.17) is 14.4 Å². The van der Waals surface area contributed by atoms with Crippen LogP contribution in [0.4, 0.5) is 0 Å². The average molecular weight is 263 g/mol. The summed E-state index contributed by atoms with van der Waals surface area (Å²) in [6.45, 7) is 0. The third-order valence-electron chi connectivity index (χ3n) is 2.91. The Balaban J connectivity index is 2.15. The molecule has 0 aliphatic carbocycles. The summed E-state index contributed by atoms with van der Waals surface area (Å²) >= 11 is 0. The van der Waals surface area contributed by atoms with E-state index in [0.29, 0.717) is 34.3 Å². The predicted octanol–water partition coefficient (Wildman–Crippen LogP) is 3.91. The van der Waals surface area contributed by atoms with Gasteiger partial charge in [0.15, 0.2) is 12.0 Å². The van der Waals surface area contributed by atoms with E-state index in [-0.39, 0.29) is 5.76 Å². The van der Waals surface area contributed by atoms with Crippen molar-refractivity contribution in [3.05, 3.63) is 59.9 Å². The van der Waals surface area contributed by atoms with Gasteiger partial charge < -0.3 is 9.15 Å². The molecule has 2 aromatic carbocycles. The van der Waals surface area contributed by atoms with Crippen LogP contribution in [0.15, 0.2) is 52.9 Å². The van der Waals surface area contributed by atoms with Gasteiger partial charge in [0.25, 0.3) is 0 Å². The first-order valence-electron chi connectivity index (χ1n) is 5.97. The molecule has 20 heavy (non-hydrogen) atoms. The molecule has 4 nitrogen and oxygen atoms in total. The van der Waals surface area contributed by atoms with Crippen molar-refractivity contribution in [3.63, 3.8) is 0 Å². The van der Waals surface area contributed by atoms with Crippen molar-refractivity contribution in [2.24, 2.45) is 0 Å². The molecule has 0 aliphatic rings. The molecule has 0 aliphatic heterocycles. The second-order valence-electron chi connectivity index (χ2n) is 4.13. The maximum Gasteiger partial charge on any atom is 0.247 e. The summed E-state index contributed by atoms with van der Waals surface area (Å²) in [7, 11) is 0. The van der Waals surface area contributed by atoms with Crippen LogP contribution >= 0.6 is 0 Å². The second-order valence-corrected chi connectivity index (χ2v) is 4.13. The van der Waals surface area contributed by atoms with Gasteiger partial charge in [-0.15, -0.1) is 0 Å². The predicted molar refractivity (Wildman–Crippen MR) is 72.8 cm³/mol. The van der Waals surface area contributed by atoms with Crippen molar-refractivity contribution < 1.29 is 13.9 Å². The Bertz CT molecular complexity index is 827. The lowest BCUT2D eigenvalue weighted by Crippen LogP contribution is -1.90. The van der Waals surface area contributed by atoms with E-state index in [1.165, 1.54) is 0 Å². The number of benzene rings is 2. The van der Waals surface area contributed by atoms with Crippen molar-refractivity contribution in [3.8, 4) is 17.6 Å². The van der Waals surface area contributed by atoms with E-state index in [0.717, 1.165) is 0 Å². The van der Waals surface area contributed by atoms with Gasteiger partial charge in [-0.1, -0.05) is 24.3 Å². The standard InChI is InChI=1S/C16H9NO3/c17-9-15-16(12-6-2-4-8-14(12)19-15)20-13-7-3-1-5-11(13)10-18/h1-8,10H. The fourth-order valence-corrected chi connectivity index (χ4v) is 1.98. The Morgan fingerprint density at radius 1 is 1.10 bits per heavy atom. The number of carbonyl (C=O) groups is 1. The first-order valence-corrected chi connectivity index (χ1v) is 5.97. The minimum absolute atomic E-state index is 0.0897. The Kier molecular flexibility index (Phi) is 2.94. The maximum atomic E-state index is 11.0. The monoisotopic (exact) mass is 263 g/mol. The van der Waals surface area contributed by atoms with E-state index in [1.807, 2.05) is 18.2 Å². The lowest BCUT2D eigenvalue weighted by Gasteiger charge is -2.06. The number of para-hydroxylation sites is 2. The average Bonchev–Trinajstić information content (AvgIpc) is 2.86. The van der Waals surface area contributed by atoms with Crippen LogP contribution in [0.25, 0.3) is 11.0 Å². The third-order valence-corrected chi connectivity index (χ3v) is 2.91. The molecule has 0 fully saturated rings. The summed E-state index contributed by atoms with van der Waals surface area (Å²) in [4.78, 5) is 11.0. The fraction of sp³-hybridized carbons (Fsp3) is 0. The van der Waals surface area contributed by atoms with Crippen LogP contribution in [0.3, 0.4) is 0 Å². The number of nitriles is 1. The van der Waals surface area contributed by atoms with Crippen LogP contribution in [0.2, 0.25) is 0 Å². The second kappa shape index (κ2) is 4.90. The van der Waals surface area contributed by atoms with Crippen LogP contribution in [0.1, 0.15) is 16.1 Å².